The molecule has 4 rings (SSSR count). The van der Waals surface area contributed by atoms with Gasteiger partial charge in [0.15, 0.2) is 10.8 Å². The van der Waals surface area contributed by atoms with Crippen molar-refractivity contribution < 1.29 is 9.52 Å². The molecule has 0 aliphatic heterocycles. The second-order valence-electron chi connectivity index (χ2n) is 6.40. The molecule has 0 spiro atoms. The van der Waals surface area contributed by atoms with Gasteiger partial charge in [-0.25, -0.2) is 4.98 Å². The van der Waals surface area contributed by atoms with Crippen molar-refractivity contribution in [3.63, 3.8) is 0 Å². The van der Waals surface area contributed by atoms with Crippen LogP contribution < -0.4 is 5.32 Å². The minimum atomic E-state index is -0.402. The number of nitrogens with one attached hydrogen (secondary N) is 1. The zero-order valence-electron chi connectivity index (χ0n) is 13.3. The van der Waals surface area contributed by atoms with E-state index in [1.54, 1.807) is 17.6 Å². The van der Waals surface area contributed by atoms with E-state index in [2.05, 4.69) is 15.7 Å². The van der Waals surface area contributed by atoms with Gasteiger partial charge in [0.25, 0.3) is 0 Å². The molecule has 1 atom stereocenters. The summed E-state index contributed by atoms with van der Waals surface area (Å²) in [6, 6.07) is 13.7. The van der Waals surface area contributed by atoms with Gasteiger partial charge in [0.2, 0.25) is 0 Å². The van der Waals surface area contributed by atoms with Crippen LogP contribution in [0.5, 0.6) is 0 Å². The summed E-state index contributed by atoms with van der Waals surface area (Å²) < 4.78 is 5.38. The number of thiazole rings is 1. The van der Waals surface area contributed by atoms with Gasteiger partial charge in [0.05, 0.1) is 18.1 Å². The molecule has 1 unspecified atom stereocenters. The molecule has 1 fully saturated rings. The van der Waals surface area contributed by atoms with Gasteiger partial charge in [-0.1, -0.05) is 30.3 Å². The Morgan fingerprint density at radius 3 is 2.75 bits per heavy atom. The van der Waals surface area contributed by atoms with E-state index in [0.717, 1.165) is 41.4 Å². The molecule has 1 saturated carbocycles. The topological polar surface area (TPSA) is 58.3 Å². The van der Waals surface area contributed by atoms with Crippen LogP contribution in [0.3, 0.4) is 0 Å². The molecule has 1 aliphatic carbocycles. The predicted octanol–water partition coefficient (Wildman–Crippen LogP) is 4.01. The van der Waals surface area contributed by atoms with Crippen LogP contribution in [0.1, 0.15) is 30.2 Å². The molecule has 1 aliphatic rings. The monoisotopic (exact) mass is 340 g/mol. The Labute approximate surface area is 145 Å². The van der Waals surface area contributed by atoms with Crippen LogP contribution in [-0.2, 0) is 6.54 Å². The van der Waals surface area contributed by atoms with Crippen molar-refractivity contribution in [2.75, 3.05) is 6.54 Å². The van der Waals surface area contributed by atoms with Gasteiger partial charge in [0, 0.05) is 23.9 Å². The maximum absolute atomic E-state index is 10.7. The summed E-state index contributed by atoms with van der Waals surface area (Å²) >= 11 is 1.59. The molecule has 0 bridgehead atoms. The Hall–Kier alpha value is -1.95. The third kappa shape index (κ3) is 3.15. The van der Waals surface area contributed by atoms with E-state index in [1.165, 1.54) is 0 Å². The molecule has 2 N–H and O–H groups in total. The smallest absolute Gasteiger partial charge is 0.162 e. The van der Waals surface area contributed by atoms with Crippen molar-refractivity contribution in [2.45, 2.75) is 25.5 Å². The number of benzene rings is 1. The van der Waals surface area contributed by atoms with E-state index in [0.29, 0.717) is 6.54 Å². The molecule has 5 heteroatoms. The fraction of sp³-hybridized carbons (Fsp3) is 0.316. The molecule has 0 radical (unpaired) electrons. The lowest BCUT2D eigenvalue weighted by Gasteiger charge is -2.23. The maximum atomic E-state index is 10.7. The van der Waals surface area contributed by atoms with E-state index in [-0.39, 0.29) is 5.41 Å². The third-order valence-electron chi connectivity index (χ3n) is 4.65. The van der Waals surface area contributed by atoms with Gasteiger partial charge in [-0.05, 0) is 30.5 Å². The van der Waals surface area contributed by atoms with E-state index < -0.39 is 6.10 Å². The quantitative estimate of drug-likeness (QED) is 0.682. The van der Waals surface area contributed by atoms with Crippen molar-refractivity contribution in [1.82, 2.24) is 10.3 Å². The van der Waals surface area contributed by atoms with Crippen LogP contribution >= 0.6 is 11.3 Å². The molecule has 4 nitrogen and oxygen atoms in total. The first-order chi connectivity index (χ1) is 11.8. The SMILES string of the molecule is OC(c1ccccc1)C1(CNCc2csc(-c3ccco3)n2)CC1. The number of nitrogens with zero attached hydrogens (tertiary/aromatic N) is 1. The molecule has 0 amide bonds. The van der Waals surface area contributed by atoms with Crippen LogP contribution in [0.4, 0.5) is 0 Å². The summed E-state index contributed by atoms with van der Waals surface area (Å²) in [7, 11) is 0. The average Bonchev–Trinajstić information content (AvgIpc) is 3.03. The number of aliphatic hydroxyl groups is 1. The molecule has 124 valence electrons. The summed E-state index contributed by atoms with van der Waals surface area (Å²) in [6.45, 7) is 1.51. The Bertz CT molecular complexity index is 779. The van der Waals surface area contributed by atoms with Crippen molar-refractivity contribution in [1.29, 1.82) is 0 Å². The summed E-state index contributed by atoms with van der Waals surface area (Å²) in [5, 5.41) is 17.1. The van der Waals surface area contributed by atoms with Gasteiger partial charge in [-0.2, -0.15) is 0 Å². The summed E-state index contributed by atoms with van der Waals surface area (Å²) in [4.78, 5) is 4.60. The number of aliphatic hydroxyl groups excluding tert-OH is 1. The lowest BCUT2D eigenvalue weighted by atomic mass is 9.92. The Balaban J connectivity index is 1.34. The average molecular weight is 340 g/mol. The van der Waals surface area contributed by atoms with Crippen molar-refractivity contribution in [3.05, 3.63) is 65.4 Å². The first kappa shape index (κ1) is 15.6. The lowest BCUT2D eigenvalue weighted by molar-refractivity contribution is 0.0917. The standard InChI is InChI=1S/C19H20N2O2S/c22-17(14-5-2-1-3-6-14)19(8-9-19)13-20-11-15-12-24-18(21-15)16-7-4-10-23-16/h1-7,10,12,17,20,22H,8-9,11,13H2. The first-order valence-electron chi connectivity index (χ1n) is 8.19. The predicted molar refractivity (Wildman–Crippen MR) is 94.6 cm³/mol. The fourth-order valence-electron chi connectivity index (χ4n) is 3.04. The van der Waals surface area contributed by atoms with Crippen molar-refractivity contribution in [3.8, 4) is 10.8 Å². The Morgan fingerprint density at radius 2 is 2.04 bits per heavy atom. The minimum Gasteiger partial charge on any atom is -0.462 e. The van der Waals surface area contributed by atoms with Crippen LogP contribution in [0.25, 0.3) is 10.8 Å². The molecule has 1 aromatic carbocycles. The van der Waals surface area contributed by atoms with E-state index in [4.69, 9.17) is 4.42 Å². The highest BCUT2D eigenvalue weighted by atomic mass is 32.1. The maximum Gasteiger partial charge on any atom is 0.162 e. The highest BCUT2D eigenvalue weighted by Gasteiger charge is 2.48. The van der Waals surface area contributed by atoms with Gasteiger partial charge < -0.3 is 14.8 Å². The third-order valence-corrected chi connectivity index (χ3v) is 5.56. The molecular weight excluding hydrogens is 320 g/mol. The first-order valence-corrected chi connectivity index (χ1v) is 9.07. The van der Waals surface area contributed by atoms with Crippen molar-refractivity contribution in [2.24, 2.45) is 5.41 Å². The van der Waals surface area contributed by atoms with Gasteiger partial charge in [-0.15, -0.1) is 11.3 Å². The normalized spacial score (nSPS) is 16.9. The number of hydrogen-bond acceptors (Lipinski definition) is 5. The number of furan rings is 1. The highest BCUT2D eigenvalue weighted by molar-refractivity contribution is 7.13. The number of aromatic nitrogens is 1. The van der Waals surface area contributed by atoms with E-state index >= 15 is 0 Å². The summed E-state index contributed by atoms with van der Waals surface area (Å²) in [5.41, 5.74) is 1.99. The zero-order chi connectivity index (χ0) is 16.4. The highest BCUT2D eigenvalue weighted by Crippen LogP contribution is 2.54. The summed E-state index contributed by atoms with van der Waals surface area (Å²) in [5.74, 6) is 0.810. The van der Waals surface area contributed by atoms with Crippen LogP contribution in [0.15, 0.2) is 58.5 Å². The van der Waals surface area contributed by atoms with Crippen LogP contribution in [-0.4, -0.2) is 16.6 Å². The Kier molecular flexibility index (Phi) is 4.22. The number of hydrogen-bond donors (Lipinski definition) is 2. The largest absolute Gasteiger partial charge is 0.462 e. The number of rotatable bonds is 7. The minimum absolute atomic E-state index is 0.0266. The molecule has 3 aromatic rings. The zero-order valence-corrected chi connectivity index (χ0v) is 14.1. The van der Waals surface area contributed by atoms with E-state index in [1.807, 2.05) is 42.5 Å². The molecule has 0 saturated heterocycles. The Morgan fingerprint density at radius 1 is 1.21 bits per heavy atom. The van der Waals surface area contributed by atoms with E-state index in [9.17, 15) is 5.11 Å². The summed E-state index contributed by atoms with van der Waals surface area (Å²) in [6.07, 6.45) is 3.38. The fourth-order valence-corrected chi connectivity index (χ4v) is 3.82. The second kappa shape index (κ2) is 6.51. The molecule has 2 heterocycles. The molecular formula is C19H20N2O2S. The van der Waals surface area contributed by atoms with Gasteiger partial charge in [-0.3, -0.25) is 0 Å². The molecule has 2 aromatic heterocycles. The van der Waals surface area contributed by atoms with Gasteiger partial charge in [0.1, 0.15) is 0 Å². The van der Waals surface area contributed by atoms with Crippen molar-refractivity contribution >= 4 is 11.3 Å². The van der Waals surface area contributed by atoms with Crippen LogP contribution in [0.2, 0.25) is 0 Å². The van der Waals surface area contributed by atoms with Crippen LogP contribution in [0, 0.1) is 5.41 Å². The van der Waals surface area contributed by atoms with Gasteiger partial charge >= 0.3 is 0 Å². The second-order valence-corrected chi connectivity index (χ2v) is 7.26. The molecule has 24 heavy (non-hydrogen) atoms. The lowest BCUT2D eigenvalue weighted by Crippen LogP contribution is -2.28.